The Hall–Kier alpha value is -3.28. The molecule has 3 aromatic carbocycles. The van der Waals surface area contributed by atoms with Gasteiger partial charge in [0.15, 0.2) is 0 Å². The number of carbonyl (C=O) groups is 2. The molecule has 0 aliphatic heterocycles. The van der Waals surface area contributed by atoms with Gasteiger partial charge in [0.05, 0.1) is 22.5 Å². The van der Waals surface area contributed by atoms with Gasteiger partial charge in [-0.1, -0.05) is 84.9 Å². The minimum atomic E-state index is -4.79. The van der Waals surface area contributed by atoms with Crippen LogP contribution in [0.5, 0.6) is 0 Å². The van der Waals surface area contributed by atoms with Gasteiger partial charge in [0.2, 0.25) is 21.8 Å². The summed E-state index contributed by atoms with van der Waals surface area (Å²) in [6, 6.07) is 16.8. The number of hydrogen-bond donors (Lipinski definition) is 1. The molecule has 0 saturated heterocycles. The van der Waals surface area contributed by atoms with Crippen molar-refractivity contribution in [2.75, 3.05) is 17.1 Å². The van der Waals surface area contributed by atoms with E-state index in [1.54, 1.807) is 36.4 Å². The highest BCUT2D eigenvalue weighted by Crippen LogP contribution is 2.36. The van der Waals surface area contributed by atoms with Crippen molar-refractivity contribution >= 4 is 50.7 Å². The van der Waals surface area contributed by atoms with Crippen molar-refractivity contribution in [1.82, 2.24) is 10.2 Å². The van der Waals surface area contributed by atoms with E-state index in [0.29, 0.717) is 21.0 Å². The zero-order valence-electron chi connectivity index (χ0n) is 24.6. The van der Waals surface area contributed by atoms with Crippen LogP contribution in [-0.2, 0) is 38.8 Å². The molecule has 13 heteroatoms. The van der Waals surface area contributed by atoms with Crippen molar-refractivity contribution in [2.24, 2.45) is 0 Å². The average molecular weight is 685 g/mol. The predicted molar refractivity (Wildman–Crippen MR) is 170 cm³/mol. The van der Waals surface area contributed by atoms with Gasteiger partial charge in [-0.05, 0) is 54.3 Å². The van der Waals surface area contributed by atoms with Gasteiger partial charge in [0.1, 0.15) is 12.6 Å². The van der Waals surface area contributed by atoms with Crippen LogP contribution in [0.1, 0.15) is 48.8 Å². The average Bonchev–Trinajstić information content (AvgIpc) is 2.99. The van der Waals surface area contributed by atoms with E-state index in [0.717, 1.165) is 56.1 Å². The summed E-state index contributed by atoms with van der Waals surface area (Å²) in [4.78, 5) is 29.5. The molecule has 1 aliphatic carbocycles. The Morgan fingerprint density at radius 3 is 2.18 bits per heavy atom. The molecule has 1 unspecified atom stereocenters. The summed E-state index contributed by atoms with van der Waals surface area (Å²) >= 11 is 12.3. The number of benzene rings is 3. The lowest BCUT2D eigenvalue weighted by atomic mass is 9.94. The van der Waals surface area contributed by atoms with Crippen LogP contribution in [0, 0.1) is 0 Å². The molecule has 1 saturated carbocycles. The first-order valence-electron chi connectivity index (χ1n) is 14.4. The Bertz CT molecular complexity index is 1580. The van der Waals surface area contributed by atoms with Crippen molar-refractivity contribution in [2.45, 2.75) is 63.3 Å². The SMILES string of the molecule is CS(=O)(=O)N(CC(=O)N(Cc1ccc(Cl)cc1)C(Cc1ccccc1)C(=O)NC1CCCCC1)c1cc(C(F)(F)F)ccc1Cl. The molecule has 3 aromatic rings. The van der Waals surface area contributed by atoms with Crippen LogP contribution in [-0.4, -0.2) is 50.0 Å². The van der Waals surface area contributed by atoms with Crippen LogP contribution in [0.3, 0.4) is 0 Å². The molecular weight excluding hydrogens is 650 g/mol. The van der Waals surface area contributed by atoms with E-state index >= 15 is 0 Å². The maximum absolute atomic E-state index is 14.2. The Labute approximate surface area is 271 Å². The Morgan fingerprint density at radius 2 is 1.58 bits per heavy atom. The number of hydrogen-bond acceptors (Lipinski definition) is 4. The lowest BCUT2D eigenvalue weighted by Crippen LogP contribution is -2.55. The maximum Gasteiger partial charge on any atom is 0.416 e. The summed E-state index contributed by atoms with van der Waals surface area (Å²) in [5.74, 6) is -1.21. The van der Waals surface area contributed by atoms with E-state index in [4.69, 9.17) is 23.2 Å². The molecule has 242 valence electrons. The van der Waals surface area contributed by atoms with E-state index in [1.807, 2.05) is 18.2 Å². The first-order chi connectivity index (χ1) is 21.2. The minimum Gasteiger partial charge on any atom is -0.352 e. The number of nitrogens with one attached hydrogen (secondary N) is 1. The second kappa shape index (κ2) is 14.9. The molecule has 0 heterocycles. The van der Waals surface area contributed by atoms with Crippen LogP contribution in [0.15, 0.2) is 72.8 Å². The molecule has 1 N–H and O–H groups in total. The lowest BCUT2D eigenvalue weighted by molar-refractivity contribution is -0.140. The molecule has 7 nitrogen and oxygen atoms in total. The Balaban J connectivity index is 1.76. The van der Waals surface area contributed by atoms with Crippen molar-refractivity contribution in [3.8, 4) is 0 Å². The van der Waals surface area contributed by atoms with Crippen LogP contribution >= 0.6 is 23.2 Å². The molecule has 1 fully saturated rings. The second-order valence-corrected chi connectivity index (χ2v) is 13.9. The van der Waals surface area contributed by atoms with Crippen molar-refractivity contribution in [3.63, 3.8) is 0 Å². The Morgan fingerprint density at radius 1 is 0.933 bits per heavy atom. The molecule has 0 bridgehead atoms. The summed E-state index contributed by atoms with van der Waals surface area (Å²) in [6.45, 7) is -0.991. The summed E-state index contributed by atoms with van der Waals surface area (Å²) in [6.07, 6.45) is 0.687. The molecule has 0 aromatic heterocycles. The number of nitrogens with zero attached hydrogens (tertiary/aromatic N) is 2. The van der Waals surface area contributed by atoms with E-state index < -0.39 is 51.9 Å². The molecule has 45 heavy (non-hydrogen) atoms. The molecule has 1 aliphatic rings. The van der Waals surface area contributed by atoms with E-state index in [1.165, 1.54) is 4.90 Å². The first kappa shape index (κ1) is 34.6. The third-order valence-corrected chi connectivity index (χ3v) is 9.41. The Kier molecular flexibility index (Phi) is 11.4. The third-order valence-electron chi connectivity index (χ3n) is 7.71. The number of anilines is 1. The summed E-state index contributed by atoms with van der Waals surface area (Å²) in [5.41, 5.74) is -0.259. The normalized spacial score (nSPS) is 14.9. The van der Waals surface area contributed by atoms with Gasteiger partial charge in [-0.25, -0.2) is 8.42 Å². The minimum absolute atomic E-state index is 0.0755. The van der Waals surface area contributed by atoms with E-state index in [2.05, 4.69) is 5.32 Å². The summed E-state index contributed by atoms with van der Waals surface area (Å²) < 4.78 is 67.2. The quantitative estimate of drug-likeness (QED) is 0.239. The van der Waals surface area contributed by atoms with Crippen LogP contribution in [0.4, 0.5) is 18.9 Å². The topological polar surface area (TPSA) is 86.8 Å². The molecule has 0 radical (unpaired) electrons. The van der Waals surface area contributed by atoms with Gasteiger partial charge in [0, 0.05) is 24.0 Å². The number of rotatable bonds is 11. The van der Waals surface area contributed by atoms with Gasteiger partial charge in [0.25, 0.3) is 0 Å². The number of alkyl halides is 3. The summed E-state index contributed by atoms with van der Waals surface area (Å²) in [5, 5.41) is 3.25. The fourth-order valence-electron chi connectivity index (χ4n) is 5.36. The number of halogens is 5. The van der Waals surface area contributed by atoms with Gasteiger partial charge in [-0.3, -0.25) is 13.9 Å². The van der Waals surface area contributed by atoms with Crippen LogP contribution < -0.4 is 9.62 Å². The highest BCUT2D eigenvalue weighted by molar-refractivity contribution is 7.92. The van der Waals surface area contributed by atoms with Crippen LogP contribution in [0.25, 0.3) is 0 Å². The second-order valence-electron chi connectivity index (χ2n) is 11.1. The lowest BCUT2D eigenvalue weighted by Gasteiger charge is -2.35. The maximum atomic E-state index is 14.2. The number of sulfonamides is 1. The van der Waals surface area contributed by atoms with Crippen molar-refractivity contribution in [1.29, 1.82) is 0 Å². The van der Waals surface area contributed by atoms with Crippen molar-refractivity contribution < 1.29 is 31.2 Å². The molecule has 1 atom stereocenters. The summed E-state index contributed by atoms with van der Waals surface area (Å²) in [7, 11) is -4.32. The molecule has 2 amide bonds. The predicted octanol–water partition coefficient (Wildman–Crippen LogP) is 6.87. The molecular formula is C32H34Cl2F3N3O4S. The molecule has 4 rings (SSSR count). The largest absolute Gasteiger partial charge is 0.416 e. The first-order valence-corrected chi connectivity index (χ1v) is 17.1. The number of carbonyl (C=O) groups excluding carboxylic acids is 2. The number of amides is 2. The fraction of sp³-hybridized carbons (Fsp3) is 0.375. The van der Waals surface area contributed by atoms with E-state index in [-0.39, 0.29) is 24.0 Å². The van der Waals surface area contributed by atoms with Crippen molar-refractivity contribution in [3.05, 3.63) is 99.5 Å². The third kappa shape index (κ3) is 9.61. The van der Waals surface area contributed by atoms with Gasteiger partial charge < -0.3 is 10.2 Å². The standard InChI is InChI=1S/C32H34Cl2F3N3O4S/c1-45(43,44)40(28-19-24(32(35,36)37)14-17-27(28)34)21-30(41)39(20-23-12-15-25(33)16-13-23)29(18-22-8-4-2-5-9-22)31(42)38-26-10-6-3-7-11-26/h2,4-5,8-9,12-17,19,26,29H,3,6-7,10-11,18,20-21H2,1H3,(H,38,42). The monoisotopic (exact) mass is 683 g/mol. The smallest absolute Gasteiger partial charge is 0.352 e. The zero-order valence-corrected chi connectivity index (χ0v) is 26.9. The highest BCUT2D eigenvalue weighted by atomic mass is 35.5. The van der Waals surface area contributed by atoms with E-state index in [9.17, 15) is 31.2 Å². The van der Waals surface area contributed by atoms with Gasteiger partial charge in [-0.2, -0.15) is 13.2 Å². The van der Waals surface area contributed by atoms with Gasteiger partial charge in [-0.15, -0.1) is 0 Å². The van der Waals surface area contributed by atoms with Gasteiger partial charge >= 0.3 is 6.18 Å². The molecule has 0 spiro atoms. The highest BCUT2D eigenvalue weighted by Gasteiger charge is 2.36. The fourth-order valence-corrected chi connectivity index (χ4v) is 6.61. The van der Waals surface area contributed by atoms with Crippen LogP contribution in [0.2, 0.25) is 10.0 Å². The zero-order chi connectivity index (χ0) is 32.8.